The molecule has 4 aromatic rings. The summed E-state index contributed by atoms with van der Waals surface area (Å²) < 4.78 is 27.0. The van der Waals surface area contributed by atoms with E-state index >= 15 is 0 Å². The Kier molecular flexibility index (Phi) is 7.17. The summed E-state index contributed by atoms with van der Waals surface area (Å²) in [7, 11) is -1.39. The van der Waals surface area contributed by atoms with Crippen LogP contribution in [0, 0.1) is 0 Å². The first-order valence-corrected chi connectivity index (χ1v) is 14.9. The molecule has 0 saturated carbocycles. The van der Waals surface area contributed by atoms with Crippen LogP contribution >= 0.6 is 11.3 Å². The molecule has 3 heterocycles. The fourth-order valence-electron chi connectivity index (χ4n) is 4.09. The summed E-state index contributed by atoms with van der Waals surface area (Å²) in [6.45, 7) is 9.09. The number of fused-ring (bicyclic) bond motifs is 1. The largest absolute Gasteiger partial charge is 0.369 e. The average Bonchev–Trinajstić information content (AvgIpc) is 3.33. The first-order chi connectivity index (χ1) is 18.1. The maximum atomic E-state index is 12.6. The summed E-state index contributed by atoms with van der Waals surface area (Å²) >= 11 is 1.54. The second-order valence-electron chi connectivity index (χ2n) is 10.4. The topological polar surface area (TPSA) is 102 Å². The first-order valence-electron chi connectivity index (χ1n) is 12.5. The summed E-state index contributed by atoms with van der Waals surface area (Å²) in [5, 5.41) is 9.61. The Bertz CT molecular complexity index is 1540. The van der Waals surface area contributed by atoms with Crippen molar-refractivity contribution in [2.75, 3.05) is 53.5 Å². The van der Waals surface area contributed by atoms with Gasteiger partial charge in [-0.2, -0.15) is 4.98 Å². The minimum atomic E-state index is -3.54. The van der Waals surface area contributed by atoms with Gasteiger partial charge in [0, 0.05) is 43.2 Å². The van der Waals surface area contributed by atoms with E-state index in [1.165, 1.54) is 5.69 Å². The fraction of sp³-hybridized carbons (Fsp3) is 0.333. The van der Waals surface area contributed by atoms with Gasteiger partial charge in [0.1, 0.15) is 10.6 Å². The van der Waals surface area contributed by atoms with Gasteiger partial charge in [0.05, 0.1) is 15.8 Å². The molecule has 0 amide bonds. The molecular weight excluding hydrogens is 518 g/mol. The summed E-state index contributed by atoms with van der Waals surface area (Å²) in [4.78, 5) is 15.1. The summed E-state index contributed by atoms with van der Waals surface area (Å²) in [5.74, 6) is 1.13. The van der Waals surface area contributed by atoms with Crippen LogP contribution in [-0.2, 0) is 10.0 Å². The Morgan fingerprint density at radius 1 is 0.868 bits per heavy atom. The van der Waals surface area contributed by atoms with Crippen molar-refractivity contribution in [3.8, 4) is 0 Å². The fourth-order valence-corrected chi connectivity index (χ4v) is 5.59. The zero-order valence-electron chi connectivity index (χ0n) is 22.0. The van der Waals surface area contributed by atoms with Gasteiger partial charge in [0.25, 0.3) is 0 Å². The van der Waals surface area contributed by atoms with Gasteiger partial charge >= 0.3 is 0 Å². The van der Waals surface area contributed by atoms with Crippen LogP contribution in [-0.4, -0.2) is 61.3 Å². The minimum Gasteiger partial charge on any atom is -0.369 e. The standard InChI is InChI=1S/C27H33N7O2S2/c1-27(2,3)38(35,36)32-21-9-5-7-19(17-21)28-24-23-11-16-37-25(23)31-26(30-24)29-20-8-6-10-22(18-20)34-14-12-33(4)13-15-34/h5-11,16-18,32H,12-15H2,1-4H3,(H2,28,29,30,31). The lowest BCUT2D eigenvalue weighted by Gasteiger charge is -2.34. The van der Waals surface area contributed by atoms with E-state index in [1.807, 2.05) is 29.6 Å². The smallest absolute Gasteiger partial charge is 0.237 e. The van der Waals surface area contributed by atoms with Crippen molar-refractivity contribution in [3.63, 3.8) is 0 Å². The van der Waals surface area contributed by atoms with Crippen molar-refractivity contribution in [1.29, 1.82) is 0 Å². The minimum absolute atomic E-state index is 0.486. The van der Waals surface area contributed by atoms with Crippen molar-refractivity contribution in [1.82, 2.24) is 14.9 Å². The molecule has 9 nitrogen and oxygen atoms in total. The Hall–Kier alpha value is -3.41. The quantitative estimate of drug-likeness (QED) is 0.278. The van der Waals surface area contributed by atoms with Gasteiger partial charge in [0.15, 0.2) is 0 Å². The third kappa shape index (κ3) is 5.85. The van der Waals surface area contributed by atoms with Crippen molar-refractivity contribution >= 4 is 66.1 Å². The molecular formula is C27H33N7O2S2. The number of hydrogen-bond donors (Lipinski definition) is 3. The highest BCUT2D eigenvalue weighted by Crippen LogP contribution is 2.31. The molecule has 0 aliphatic carbocycles. The first kappa shape index (κ1) is 26.2. The van der Waals surface area contributed by atoms with E-state index in [1.54, 1.807) is 50.3 Å². The molecule has 1 fully saturated rings. The molecule has 0 atom stereocenters. The Morgan fingerprint density at radius 2 is 1.55 bits per heavy atom. The molecule has 0 unspecified atom stereocenters. The third-order valence-electron chi connectivity index (χ3n) is 6.48. The Labute approximate surface area is 228 Å². The number of sulfonamides is 1. The van der Waals surface area contributed by atoms with Crippen molar-refractivity contribution in [2.24, 2.45) is 0 Å². The maximum absolute atomic E-state index is 12.6. The van der Waals surface area contributed by atoms with Crippen LogP contribution in [0.1, 0.15) is 20.8 Å². The summed E-state index contributed by atoms with van der Waals surface area (Å²) in [6.07, 6.45) is 0. The molecule has 2 aromatic carbocycles. The van der Waals surface area contributed by atoms with E-state index in [0.29, 0.717) is 23.1 Å². The van der Waals surface area contributed by atoms with Crippen molar-refractivity contribution < 1.29 is 8.42 Å². The molecule has 1 aliphatic heterocycles. The van der Waals surface area contributed by atoms with Crippen molar-refractivity contribution in [2.45, 2.75) is 25.5 Å². The second kappa shape index (κ2) is 10.4. The van der Waals surface area contributed by atoms with Gasteiger partial charge in [0.2, 0.25) is 16.0 Å². The lowest BCUT2D eigenvalue weighted by molar-refractivity contribution is 0.313. The number of hydrogen-bond acceptors (Lipinski definition) is 9. The molecule has 1 aliphatic rings. The number of benzene rings is 2. The van der Waals surface area contributed by atoms with E-state index in [4.69, 9.17) is 9.97 Å². The molecule has 200 valence electrons. The second-order valence-corrected chi connectivity index (χ2v) is 13.8. The van der Waals surface area contributed by atoms with Gasteiger partial charge in [-0.05, 0) is 75.7 Å². The van der Waals surface area contributed by atoms with E-state index in [9.17, 15) is 8.42 Å². The summed E-state index contributed by atoms with van der Waals surface area (Å²) in [5.41, 5.74) is 3.29. The highest BCUT2D eigenvalue weighted by molar-refractivity contribution is 7.94. The molecule has 1 saturated heterocycles. The lowest BCUT2D eigenvalue weighted by atomic mass is 10.2. The highest BCUT2D eigenvalue weighted by Gasteiger charge is 2.29. The van der Waals surface area contributed by atoms with Crippen LogP contribution in [0.2, 0.25) is 0 Å². The van der Waals surface area contributed by atoms with E-state index in [-0.39, 0.29) is 0 Å². The Morgan fingerprint density at radius 3 is 2.29 bits per heavy atom. The van der Waals surface area contributed by atoms with Crippen molar-refractivity contribution in [3.05, 3.63) is 60.0 Å². The van der Waals surface area contributed by atoms with E-state index in [2.05, 4.69) is 44.3 Å². The monoisotopic (exact) mass is 551 g/mol. The molecule has 5 rings (SSSR count). The third-order valence-corrected chi connectivity index (χ3v) is 9.40. The van der Waals surface area contributed by atoms with Crippen LogP contribution in [0.4, 0.5) is 34.5 Å². The maximum Gasteiger partial charge on any atom is 0.237 e. The SMILES string of the molecule is CN1CCN(c2cccc(Nc3nc(Nc4cccc(NS(=O)(=O)C(C)(C)C)c4)c4ccsc4n3)c2)CC1. The van der Waals surface area contributed by atoms with Crippen LogP contribution in [0.5, 0.6) is 0 Å². The molecule has 0 radical (unpaired) electrons. The zero-order valence-corrected chi connectivity index (χ0v) is 23.7. The normalized spacial score (nSPS) is 15.0. The molecule has 0 spiro atoms. The van der Waals surface area contributed by atoms with E-state index < -0.39 is 14.8 Å². The van der Waals surface area contributed by atoms with Gasteiger partial charge in [-0.3, -0.25) is 4.72 Å². The molecule has 3 N–H and O–H groups in total. The van der Waals surface area contributed by atoms with Crippen LogP contribution in [0.3, 0.4) is 0 Å². The number of piperazine rings is 1. The van der Waals surface area contributed by atoms with Crippen LogP contribution < -0.4 is 20.3 Å². The van der Waals surface area contributed by atoms with E-state index in [0.717, 1.165) is 42.1 Å². The average molecular weight is 552 g/mol. The lowest BCUT2D eigenvalue weighted by Crippen LogP contribution is -2.44. The number of rotatable bonds is 7. The molecule has 11 heteroatoms. The van der Waals surface area contributed by atoms with Gasteiger partial charge in [-0.25, -0.2) is 13.4 Å². The number of thiophene rings is 1. The summed E-state index contributed by atoms with van der Waals surface area (Å²) in [6, 6.07) is 17.5. The number of anilines is 6. The van der Waals surface area contributed by atoms with Crippen LogP contribution in [0.25, 0.3) is 10.2 Å². The highest BCUT2D eigenvalue weighted by atomic mass is 32.2. The van der Waals surface area contributed by atoms with Gasteiger partial charge < -0.3 is 20.4 Å². The number of nitrogens with zero attached hydrogens (tertiary/aromatic N) is 4. The Balaban J connectivity index is 1.38. The predicted octanol–water partition coefficient (Wildman–Crippen LogP) is 5.47. The molecule has 2 aromatic heterocycles. The molecule has 0 bridgehead atoms. The number of likely N-dealkylation sites (N-methyl/N-ethyl adjacent to an activating group) is 1. The molecule has 38 heavy (non-hydrogen) atoms. The number of aromatic nitrogens is 2. The van der Waals surface area contributed by atoms with Gasteiger partial charge in [-0.15, -0.1) is 11.3 Å². The van der Waals surface area contributed by atoms with Crippen LogP contribution in [0.15, 0.2) is 60.0 Å². The number of nitrogens with one attached hydrogen (secondary N) is 3. The predicted molar refractivity (Wildman–Crippen MR) is 159 cm³/mol. The van der Waals surface area contributed by atoms with Gasteiger partial charge in [-0.1, -0.05) is 12.1 Å². The zero-order chi connectivity index (χ0) is 26.9.